The number of hydrogen-bond donors (Lipinski definition) is 2. The van der Waals surface area contributed by atoms with Gasteiger partial charge in [0.05, 0.1) is 34.8 Å². The van der Waals surface area contributed by atoms with Gasteiger partial charge in [0.2, 0.25) is 0 Å². The molecule has 5 aromatic rings. The van der Waals surface area contributed by atoms with Crippen molar-refractivity contribution in [3.63, 3.8) is 0 Å². The molecule has 1 fully saturated rings. The van der Waals surface area contributed by atoms with E-state index in [4.69, 9.17) is 9.97 Å². The highest BCUT2D eigenvalue weighted by atomic mass is 15.2. The molecule has 0 aromatic carbocycles. The van der Waals surface area contributed by atoms with Crippen LogP contribution in [0.15, 0.2) is 49.1 Å². The van der Waals surface area contributed by atoms with Gasteiger partial charge < -0.3 is 9.88 Å². The molecule has 1 aliphatic heterocycles. The van der Waals surface area contributed by atoms with Gasteiger partial charge in [-0.15, -0.1) is 0 Å². The summed E-state index contributed by atoms with van der Waals surface area (Å²) in [6, 6.07) is 7.88. The summed E-state index contributed by atoms with van der Waals surface area (Å²) in [5.41, 5.74) is 7.19. The second kappa shape index (κ2) is 6.91. The van der Waals surface area contributed by atoms with E-state index < -0.39 is 0 Å². The standard InChI is InChI=1S/C22H20N8/c1-2-10-30(11-3-1)18-13-24-12-17-19(18)27-22(26-17)21-20-16(28-29-21)5-4-15(25-20)14-6-8-23-9-7-14/h4-9,12-13H,1-3,10-11H2,(H,26,27)(H,28,29). The molecule has 0 aliphatic carbocycles. The van der Waals surface area contributed by atoms with Crippen LogP contribution in [0.1, 0.15) is 19.3 Å². The van der Waals surface area contributed by atoms with Crippen molar-refractivity contribution in [3.05, 3.63) is 49.1 Å². The second-order valence-electron chi connectivity index (χ2n) is 7.59. The summed E-state index contributed by atoms with van der Waals surface area (Å²) < 4.78 is 0. The fourth-order valence-corrected chi connectivity index (χ4v) is 4.14. The molecule has 1 aliphatic rings. The van der Waals surface area contributed by atoms with Crippen molar-refractivity contribution < 1.29 is 0 Å². The van der Waals surface area contributed by atoms with E-state index in [0.29, 0.717) is 11.5 Å². The molecule has 2 N–H and O–H groups in total. The van der Waals surface area contributed by atoms with Crippen LogP contribution in [0.2, 0.25) is 0 Å². The van der Waals surface area contributed by atoms with Crippen molar-refractivity contribution in [2.45, 2.75) is 19.3 Å². The van der Waals surface area contributed by atoms with Crippen molar-refractivity contribution in [2.24, 2.45) is 0 Å². The molecule has 8 heteroatoms. The lowest BCUT2D eigenvalue weighted by Gasteiger charge is -2.28. The molecule has 5 aromatic heterocycles. The van der Waals surface area contributed by atoms with Gasteiger partial charge in [0, 0.05) is 31.0 Å². The van der Waals surface area contributed by atoms with Crippen LogP contribution >= 0.6 is 0 Å². The van der Waals surface area contributed by atoms with Gasteiger partial charge in [-0.2, -0.15) is 5.10 Å². The first-order valence-corrected chi connectivity index (χ1v) is 10.2. The van der Waals surface area contributed by atoms with Crippen LogP contribution in [-0.4, -0.2) is 48.2 Å². The van der Waals surface area contributed by atoms with E-state index in [2.05, 4.69) is 30.0 Å². The molecule has 148 valence electrons. The first kappa shape index (κ1) is 17.1. The monoisotopic (exact) mass is 396 g/mol. The highest BCUT2D eigenvalue weighted by Crippen LogP contribution is 2.31. The smallest absolute Gasteiger partial charge is 0.161 e. The van der Waals surface area contributed by atoms with Crippen LogP contribution < -0.4 is 4.90 Å². The molecule has 6 heterocycles. The Balaban J connectivity index is 1.47. The zero-order valence-electron chi connectivity index (χ0n) is 16.3. The Kier molecular flexibility index (Phi) is 3.93. The van der Waals surface area contributed by atoms with Crippen molar-refractivity contribution in [1.82, 2.24) is 35.1 Å². The number of piperidine rings is 1. The Morgan fingerprint density at radius 2 is 1.67 bits per heavy atom. The minimum atomic E-state index is 0.696. The maximum atomic E-state index is 4.91. The van der Waals surface area contributed by atoms with E-state index in [0.717, 1.165) is 52.1 Å². The summed E-state index contributed by atoms with van der Waals surface area (Å²) in [4.78, 5) is 24.1. The van der Waals surface area contributed by atoms with Gasteiger partial charge in [0.25, 0.3) is 0 Å². The molecular weight excluding hydrogens is 376 g/mol. The van der Waals surface area contributed by atoms with Crippen LogP contribution in [-0.2, 0) is 0 Å². The summed E-state index contributed by atoms with van der Waals surface area (Å²) in [6.07, 6.45) is 11.0. The number of aromatic nitrogens is 7. The molecule has 30 heavy (non-hydrogen) atoms. The Bertz CT molecular complexity index is 1330. The fourth-order valence-electron chi connectivity index (χ4n) is 4.14. The fraction of sp³-hybridized carbons (Fsp3) is 0.227. The molecule has 0 atom stereocenters. The summed E-state index contributed by atoms with van der Waals surface area (Å²) in [6.45, 7) is 2.09. The van der Waals surface area contributed by atoms with Crippen molar-refractivity contribution in [3.8, 4) is 22.8 Å². The van der Waals surface area contributed by atoms with Gasteiger partial charge in [0.1, 0.15) is 11.0 Å². The zero-order chi connectivity index (χ0) is 19.9. The van der Waals surface area contributed by atoms with Gasteiger partial charge >= 0.3 is 0 Å². The third kappa shape index (κ3) is 2.80. The van der Waals surface area contributed by atoms with Crippen LogP contribution in [0.5, 0.6) is 0 Å². The Morgan fingerprint density at radius 3 is 2.53 bits per heavy atom. The topological polar surface area (TPSA) is 99.3 Å². The van der Waals surface area contributed by atoms with Gasteiger partial charge in [-0.05, 0) is 43.5 Å². The lowest BCUT2D eigenvalue weighted by Crippen LogP contribution is -2.29. The highest BCUT2D eigenvalue weighted by molar-refractivity contribution is 5.94. The third-order valence-corrected chi connectivity index (χ3v) is 5.68. The average Bonchev–Trinajstić information content (AvgIpc) is 3.43. The van der Waals surface area contributed by atoms with Crippen molar-refractivity contribution in [1.29, 1.82) is 0 Å². The molecule has 0 radical (unpaired) electrons. The molecule has 0 saturated carbocycles. The van der Waals surface area contributed by atoms with E-state index in [1.165, 1.54) is 19.3 Å². The number of imidazole rings is 1. The van der Waals surface area contributed by atoms with E-state index >= 15 is 0 Å². The summed E-state index contributed by atoms with van der Waals surface area (Å²) in [7, 11) is 0. The molecule has 0 amide bonds. The Labute approximate surface area is 172 Å². The SMILES string of the molecule is c1cc(-c2ccc3[nH]nc(-c4nc5c(N6CCCCC6)cncc5[nH]4)c3n2)ccn1. The number of H-pyrrole nitrogens is 2. The van der Waals surface area contributed by atoms with Gasteiger partial charge in [0.15, 0.2) is 11.5 Å². The summed E-state index contributed by atoms with van der Waals surface area (Å²) in [5, 5.41) is 7.59. The maximum Gasteiger partial charge on any atom is 0.161 e. The molecule has 1 saturated heterocycles. The van der Waals surface area contributed by atoms with E-state index in [9.17, 15) is 0 Å². The minimum Gasteiger partial charge on any atom is -0.368 e. The lowest BCUT2D eigenvalue weighted by molar-refractivity contribution is 0.578. The molecule has 0 bridgehead atoms. The molecule has 8 nitrogen and oxygen atoms in total. The number of pyridine rings is 3. The quantitative estimate of drug-likeness (QED) is 0.479. The number of hydrogen-bond acceptors (Lipinski definition) is 6. The van der Waals surface area contributed by atoms with Crippen LogP contribution in [0, 0.1) is 0 Å². The highest BCUT2D eigenvalue weighted by Gasteiger charge is 2.19. The van der Waals surface area contributed by atoms with Crippen LogP contribution in [0.4, 0.5) is 5.69 Å². The number of rotatable bonds is 3. The number of anilines is 1. The van der Waals surface area contributed by atoms with Gasteiger partial charge in [-0.25, -0.2) is 9.97 Å². The largest absolute Gasteiger partial charge is 0.368 e. The average molecular weight is 396 g/mol. The Hall–Kier alpha value is -3.81. The number of nitrogens with one attached hydrogen (secondary N) is 2. The molecular formula is C22H20N8. The lowest BCUT2D eigenvalue weighted by atomic mass is 10.1. The zero-order valence-corrected chi connectivity index (χ0v) is 16.3. The predicted octanol–water partition coefficient (Wildman–Crippen LogP) is 3.95. The van der Waals surface area contributed by atoms with E-state index in [1.54, 1.807) is 12.4 Å². The van der Waals surface area contributed by atoms with Gasteiger partial charge in [-0.1, -0.05) is 0 Å². The third-order valence-electron chi connectivity index (χ3n) is 5.68. The number of aromatic amines is 2. The first-order valence-electron chi connectivity index (χ1n) is 10.2. The number of nitrogens with zero attached hydrogens (tertiary/aromatic N) is 6. The van der Waals surface area contributed by atoms with Crippen LogP contribution in [0.3, 0.4) is 0 Å². The summed E-state index contributed by atoms with van der Waals surface area (Å²) >= 11 is 0. The maximum absolute atomic E-state index is 4.91. The first-order chi connectivity index (χ1) is 14.9. The second-order valence-corrected chi connectivity index (χ2v) is 7.59. The Morgan fingerprint density at radius 1 is 0.800 bits per heavy atom. The van der Waals surface area contributed by atoms with Gasteiger partial charge in [-0.3, -0.25) is 15.1 Å². The van der Waals surface area contributed by atoms with E-state index in [1.807, 2.05) is 36.7 Å². The summed E-state index contributed by atoms with van der Waals surface area (Å²) in [5.74, 6) is 0.696. The van der Waals surface area contributed by atoms with Crippen LogP contribution in [0.25, 0.3) is 44.8 Å². The normalized spacial score (nSPS) is 14.6. The van der Waals surface area contributed by atoms with Crippen molar-refractivity contribution in [2.75, 3.05) is 18.0 Å². The predicted molar refractivity (Wildman–Crippen MR) is 116 cm³/mol. The molecule has 0 unspecified atom stereocenters. The van der Waals surface area contributed by atoms with E-state index in [-0.39, 0.29) is 0 Å². The molecule has 6 rings (SSSR count). The number of fused-ring (bicyclic) bond motifs is 2. The minimum absolute atomic E-state index is 0.696. The van der Waals surface area contributed by atoms with Crippen molar-refractivity contribution >= 4 is 27.8 Å². The molecule has 0 spiro atoms.